The third-order valence-corrected chi connectivity index (χ3v) is 4.72. The molecule has 0 amide bonds. The van der Waals surface area contributed by atoms with Crippen molar-refractivity contribution in [1.29, 1.82) is 0 Å². The number of aromatic nitrogens is 2. The van der Waals surface area contributed by atoms with Crippen molar-refractivity contribution in [2.75, 3.05) is 5.32 Å². The number of fused-ring (bicyclic) bond motifs is 1. The van der Waals surface area contributed by atoms with Crippen molar-refractivity contribution in [2.45, 2.75) is 0 Å². The predicted molar refractivity (Wildman–Crippen MR) is 112 cm³/mol. The van der Waals surface area contributed by atoms with E-state index in [1.807, 2.05) is 24.3 Å². The van der Waals surface area contributed by atoms with Crippen LogP contribution in [0.15, 0.2) is 66.7 Å². The smallest absolute Gasteiger partial charge is 0.335 e. The minimum atomic E-state index is -0.973. The molecule has 28 heavy (non-hydrogen) atoms. The second-order valence-electron chi connectivity index (χ2n) is 6.04. The number of hydrogen-bond donors (Lipinski definition) is 2. The standard InChI is InChI=1S/C21H13Cl2N3O2/c22-13-7-10-15(17(23)11-13)19-25-18-4-2-1-3-16(18)20(26-19)24-14-8-5-12(6-9-14)21(27)28/h1-11H,(H,27,28)(H,24,25,26). The summed E-state index contributed by atoms with van der Waals surface area (Å²) in [6, 6.07) is 19.2. The Morgan fingerprint density at radius 3 is 2.39 bits per heavy atom. The fourth-order valence-corrected chi connectivity index (χ4v) is 3.29. The molecule has 0 saturated heterocycles. The molecule has 0 aliphatic heterocycles. The predicted octanol–water partition coefficient (Wildman–Crippen LogP) is 6.05. The molecule has 3 aromatic carbocycles. The first-order valence-electron chi connectivity index (χ1n) is 8.34. The zero-order valence-corrected chi connectivity index (χ0v) is 15.9. The summed E-state index contributed by atoms with van der Waals surface area (Å²) < 4.78 is 0. The van der Waals surface area contributed by atoms with E-state index in [0.717, 1.165) is 10.9 Å². The topological polar surface area (TPSA) is 75.1 Å². The third-order valence-electron chi connectivity index (χ3n) is 4.17. The number of anilines is 2. The van der Waals surface area contributed by atoms with Gasteiger partial charge in [-0.3, -0.25) is 0 Å². The van der Waals surface area contributed by atoms with Gasteiger partial charge in [-0.15, -0.1) is 0 Å². The number of para-hydroxylation sites is 1. The summed E-state index contributed by atoms with van der Waals surface area (Å²) in [6.45, 7) is 0. The maximum absolute atomic E-state index is 11.0. The summed E-state index contributed by atoms with van der Waals surface area (Å²) in [5.74, 6) is 0.0819. The highest BCUT2D eigenvalue weighted by Gasteiger charge is 2.13. The Morgan fingerprint density at radius 1 is 0.929 bits per heavy atom. The lowest BCUT2D eigenvalue weighted by atomic mass is 10.1. The van der Waals surface area contributed by atoms with Crippen LogP contribution < -0.4 is 5.32 Å². The lowest BCUT2D eigenvalue weighted by Gasteiger charge is -2.12. The number of carboxylic acids is 1. The van der Waals surface area contributed by atoms with E-state index in [1.54, 1.807) is 30.3 Å². The average molecular weight is 410 g/mol. The molecule has 0 unspecified atom stereocenters. The van der Waals surface area contributed by atoms with Crippen LogP contribution in [-0.4, -0.2) is 21.0 Å². The molecule has 0 saturated carbocycles. The van der Waals surface area contributed by atoms with E-state index in [-0.39, 0.29) is 5.56 Å². The van der Waals surface area contributed by atoms with Gasteiger partial charge in [0.05, 0.1) is 16.1 Å². The lowest BCUT2D eigenvalue weighted by Crippen LogP contribution is -2.00. The largest absolute Gasteiger partial charge is 0.478 e. The van der Waals surface area contributed by atoms with Crippen LogP contribution in [0.3, 0.4) is 0 Å². The van der Waals surface area contributed by atoms with Gasteiger partial charge in [-0.2, -0.15) is 0 Å². The Balaban J connectivity index is 1.81. The SMILES string of the molecule is O=C(O)c1ccc(Nc2nc(-c3ccc(Cl)cc3Cl)nc3ccccc23)cc1. The third kappa shape index (κ3) is 3.63. The summed E-state index contributed by atoms with van der Waals surface area (Å²) in [6.07, 6.45) is 0. The van der Waals surface area contributed by atoms with Crippen molar-refractivity contribution < 1.29 is 9.90 Å². The van der Waals surface area contributed by atoms with Gasteiger partial charge in [-0.05, 0) is 54.6 Å². The van der Waals surface area contributed by atoms with Crippen LogP contribution >= 0.6 is 23.2 Å². The summed E-state index contributed by atoms with van der Waals surface area (Å²) >= 11 is 12.3. The fraction of sp³-hybridized carbons (Fsp3) is 0. The molecule has 0 aliphatic carbocycles. The minimum absolute atomic E-state index is 0.215. The van der Waals surface area contributed by atoms with Crippen LogP contribution in [-0.2, 0) is 0 Å². The molecule has 4 rings (SSSR count). The van der Waals surface area contributed by atoms with Crippen LogP contribution in [0, 0.1) is 0 Å². The molecule has 1 heterocycles. The Kier molecular flexibility index (Phi) is 4.86. The zero-order valence-electron chi connectivity index (χ0n) is 14.4. The summed E-state index contributed by atoms with van der Waals surface area (Å²) in [7, 11) is 0. The van der Waals surface area contributed by atoms with E-state index in [9.17, 15) is 4.79 Å². The van der Waals surface area contributed by atoms with Crippen molar-refractivity contribution >= 4 is 51.6 Å². The van der Waals surface area contributed by atoms with Crippen LogP contribution in [0.2, 0.25) is 10.0 Å². The molecule has 7 heteroatoms. The number of rotatable bonds is 4. The minimum Gasteiger partial charge on any atom is -0.478 e. The van der Waals surface area contributed by atoms with Gasteiger partial charge in [0.2, 0.25) is 0 Å². The van der Waals surface area contributed by atoms with E-state index in [2.05, 4.69) is 15.3 Å². The second-order valence-corrected chi connectivity index (χ2v) is 6.89. The van der Waals surface area contributed by atoms with Crippen LogP contribution in [0.5, 0.6) is 0 Å². The maximum Gasteiger partial charge on any atom is 0.335 e. The van der Waals surface area contributed by atoms with Gasteiger partial charge in [0.15, 0.2) is 5.82 Å². The van der Waals surface area contributed by atoms with Gasteiger partial charge in [0.1, 0.15) is 5.82 Å². The van der Waals surface area contributed by atoms with Gasteiger partial charge >= 0.3 is 5.97 Å². The molecule has 0 fully saturated rings. The maximum atomic E-state index is 11.0. The molecule has 0 spiro atoms. The molecule has 4 aromatic rings. The summed E-state index contributed by atoms with van der Waals surface area (Å²) in [4.78, 5) is 20.3. The number of nitrogens with one attached hydrogen (secondary N) is 1. The summed E-state index contributed by atoms with van der Waals surface area (Å²) in [5, 5.41) is 14.1. The Bertz CT molecular complexity index is 1190. The fourth-order valence-electron chi connectivity index (χ4n) is 2.80. The van der Waals surface area contributed by atoms with E-state index in [1.165, 1.54) is 12.1 Å². The highest BCUT2D eigenvalue weighted by molar-refractivity contribution is 6.36. The molecule has 0 bridgehead atoms. The molecule has 5 nitrogen and oxygen atoms in total. The Hall–Kier alpha value is -3.15. The highest BCUT2D eigenvalue weighted by Crippen LogP contribution is 2.32. The number of halogens is 2. The normalized spacial score (nSPS) is 10.8. The van der Waals surface area contributed by atoms with E-state index in [0.29, 0.717) is 32.9 Å². The van der Waals surface area contributed by atoms with E-state index in [4.69, 9.17) is 28.3 Å². The molecule has 0 atom stereocenters. The molecular weight excluding hydrogens is 397 g/mol. The molecule has 0 radical (unpaired) electrons. The number of nitrogens with zero attached hydrogens (tertiary/aromatic N) is 2. The number of carboxylic acid groups (broad SMARTS) is 1. The van der Waals surface area contributed by atoms with Crippen molar-refractivity contribution in [2.24, 2.45) is 0 Å². The van der Waals surface area contributed by atoms with Crippen molar-refractivity contribution in [3.63, 3.8) is 0 Å². The first kappa shape index (κ1) is 18.2. The molecular formula is C21H13Cl2N3O2. The number of benzene rings is 3. The van der Waals surface area contributed by atoms with Gasteiger partial charge in [-0.1, -0.05) is 35.3 Å². The van der Waals surface area contributed by atoms with E-state index < -0.39 is 5.97 Å². The molecule has 2 N–H and O–H groups in total. The monoisotopic (exact) mass is 409 g/mol. The molecule has 0 aliphatic rings. The lowest BCUT2D eigenvalue weighted by molar-refractivity contribution is 0.0697. The summed E-state index contributed by atoms with van der Waals surface area (Å²) in [5.41, 5.74) is 2.35. The first-order valence-corrected chi connectivity index (χ1v) is 9.09. The Morgan fingerprint density at radius 2 is 1.68 bits per heavy atom. The Labute approximate surface area is 170 Å². The van der Waals surface area contributed by atoms with Gasteiger partial charge in [0, 0.05) is 21.7 Å². The van der Waals surface area contributed by atoms with Gasteiger partial charge < -0.3 is 10.4 Å². The first-order chi connectivity index (χ1) is 13.5. The highest BCUT2D eigenvalue weighted by atomic mass is 35.5. The molecule has 138 valence electrons. The van der Waals surface area contributed by atoms with E-state index >= 15 is 0 Å². The van der Waals surface area contributed by atoms with Gasteiger partial charge in [-0.25, -0.2) is 14.8 Å². The van der Waals surface area contributed by atoms with Crippen molar-refractivity contribution in [3.05, 3.63) is 82.3 Å². The number of hydrogen-bond acceptors (Lipinski definition) is 4. The van der Waals surface area contributed by atoms with Crippen molar-refractivity contribution in [3.8, 4) is 11.4 Å². The second kappa shape index (κ2) is 7.46. The van der Waals surface area contributed by atoms with Crippen LogP contribution in [0.25, 0.3) is 22.3 Å². The van der Waals surface area contributed by atoms with Crippen molar-refractivity contribution in [1.82, 2.24) is 9.97 Å². The van der Waals surface area contributed by atoms with Gasteiger partial charge in [0.25, 0.3) is 0 Å². The van der Waals surface area contributed by atoms with Crippen LogP contribution in [0.1, 0.15) is 10.4 Å². The number of carbonyl (C=O) groups is 1. The quantitative estimate of drug-likeness (QED) is 0.429. The average Bonchev–Trinajstić information content (AvgIpc) is 2.68. The molecule has 1 aromatic heterocycles. The number of aromatic carboxylic acids is 1. The van der Waals surface area contributed by atoms with Crippen LogP contribution in [0.4, 0.5) is 11.5 Å². The zero-order chi connectivity index (χ0) is 19.7.